The molecule has 3 heteroatoms. The van der Waals surface area contributed by atoms with E-state index in [9.17, 15) is 5.11 Å². The second-order valence-corrected chi connectivity index (χ2v) is 4.97. The van der Waals surface area contributed by atoms with Gasteiger partial charge in [0.1, 0.15) is 11.9 Å². The first-order valence-corrected chi connectivity index (χ1v) is 6.29. The van der Waals surface area contributed by atoms with Gasteiger partial charge >= 0.3 is 0 Å². The first kappa shape index (κ1) is 12.4. The van der Waals surface area contributed by atoms with Crippen LogP contribution in [0.15, 0.2) is 18.2 Å². The molecule has 0 bridgehead atoms. The Kier molecular flexibility index (Phi) is 3.69. The van der Waals surface area contributed by atoms with Gasteiger partial charge < -0.3 is 15.6 Å². The molecule has 17 heavy (non-hydrogen) atoms. The fourth-order valence-corrected chi connectivity index (χ4v) is 2.30. The molecule has 3 nitrogen and oxygen atoms in total. The van der Waals surface area contributed by atoms with Gasteiger partial charge in [-0.1, -0.05) is 12.1 Å². The van der Waals surface area contributed by atoms with Gasteiger partial charge in [0.05, 0.1) is 6.10 Å². The van der Waals surface area contributed by atoms with Crippen LogP contribution in [0, 0.1) is 6.92 Å². The number of ether oxygens (including phenoxy) is 1. The third-order valence-electron chi connectivity index (χ3n) is 3.42. The van der Waals surface area contributed by atoms with Crippen molar-refractivity contribution in [3.05, 3.63) is 29.3 Å². The Bertz CT molecular complexity index is 390. The fourth-order valence-electron chi connectivity index (χ4n) is 2.30. The maximum Gasteiger partial charge on any atom is 0.124 e. The average molecular weight is 235 g/mol. The van der Waals surface area contributed by atoms with Crippen LogP contribution in [0.4, 0.5) is 0 Å². The van der Waals surface area contributed by atoms with Gasteiger partial charge in [0.15, 0.2) is 0 Å². The predicted molar refractivity (Wildman–Crippen MR) is 68.1 cm³/mol. The van der Waals surface area contributed by atoms with Crippen LogP contribution in [0.3, 0.4) is 0 Å². The highest BCUT2D eigenvalue weighted by Gasteiger charge is 2.27. The zero-order valence-corrected chi connectivity index (χ0v) is 10.5. The van der Waals surface area contributed by atoms with Crippen molar-refractivity contribution >= 4 is 0 Å². The lowest BCUT2D eigenvalue weighted by Crippen LogP contribution is -2.25. The van der Waals surface area contributed by atoms with Crippen molar-refractivity contribution in [2.45, 2.75) is 51.4 Å². The van der Waals surface area contributed by atoms with Crippen molar-refractivity contribution in [3.63, 3.8) is 0 Å². The predicted octanol–water partition coefficient (Wildman–Crippen LogP) is 2.31. The zero-order valence-electron chi connectivity index (χ0n) is 10.5. The summed E-state index contributed by atoms with van der Waals surface area (Å²) in [4.78, 5) is 0. The second-order valence-electron chi connectivity index (χ2n) is 4.97. The van der Waals surface area contributed by atoms with Crippen LogP contribution in [-0.2, 0) is 0 Å². The molecule has 1 aliphatic carbocycles. The number of hydrogen-bond donors (Lipinski definition) is 2. The van der Waals surface area contributed by atoms with E-state index >= 15 is 0 Å². The van der Waals surface area contributed by atoms with Gasteiger partial charge in [0.25, 0.3) is 0 Å². The average Bonchev–Trinajstić information content (AvgIpc) is 2.67. The molecule has 1 fully saturated rings. The molecule has 0 aliphatic heterocycles. The monoisotopic (exact) mass is 235 g/mol. The third-order valence-corrected chi connectivity index (χ3v) is 3.42. The van der Waals surface area contributed by atoms with Crippen molar-refractivity contribution in [3.8, 4) is 5.75 Å². The van der Waals surface area contributed by atoms with Crippen LogP contribution >= 0.6 is 0 Å². The van der Waals surface area contributed by atoms with Gasteiger partial charge in [-0.25, -0.2) is 0 Å². The molecule has 2 rings (SSSR count). The van der Waals surface area contributed by atoms with E-state index in [4.69, 9.17) is 10.5 Å². The van der Waals surface area contributed by atoms with Crippen LogP contribution < -0.4 is 10.5 Å². The molecule has 3 atom stereocenters. The molecule has 1 aliphatic rings. The maximum atomic E-state index is 9.74. The molecule has 0 amide bonds. The Morgan fingerprint density at radius 3 is 2.71 bits per heavy atom. The van der Waals surface area contributed by atoms with Gasteiger partial charge in [-0.3, -0.25) is 0 Å². The molecule has 3 unspecified atom stereocenters. The first-order chi connectivity index (χ1) is 8.08. The fraction of sp³-hybridized carbons (Fsp3) is 0.571. The summed E-state index contributed by atoms with van der Waals surface area (Å²) in [5.74, 6) is 0.861. The van der Waals surface area contributed by atoms with E-state index in [1.807, 2.05) is 26.0 Å². The minimum Gasteiger partial charge on any atom is -0.487 e. The Balaban J connectivity index is 2.11. The number of aliphatic hydroxyl groups excluding tert-OH is 1. The minimum atomic E-state index is -0.317. The van der Waals surface area contributed by atoms with Gasteiger partial charge in [0, 0.05) is 6.04 Å². The Morgan fingerprint density at radius 1 is 1.41 bits per heavy atom. The van der Waals surface area contributed by atoms with Gasteiger partial charge in [-0.05, 0) is 50.3 Å². The van der Waals surface area contributed by atoms with Crippen LogP contribution in [0.2, 0.25) is 0 Å². The highest BCUT2D eigenvalue weighted by molar-refractivity contribution is 5.37. The number of hydrogen-bond acceptors (Lipinski definition) is 3. The third kappa shape index (κ3) is 2.79. The van der Waals surface area contributed by atoms with E-state index < -0.39 is 0 Å². The summed E-state index contributed by atoms with van der Waals surface area (Å²) in [7, 11) is 0. The normalized spacial score (nSPS) is 25.9. The Labute approximate surface area is 103 Å². The van der Waals surface area contributed by atoms with E-state index in [1.54, 1.807) is 0 Å². The number of benzene rings is 1. The number of nitrogens with two attached hydrogens (primary N) is 1. The summed E-state index contributed by atoms with van der Waals surface area (Å²) < 4.78 is 5.86. The molecule has 94 valence electrons. The lowest BCUT2D eigenvalue weighted by molar-refractivity contribution is 0.0599. The molecule has 0 aromatic heterocycles. The molecule has 1 saturated carbocycles. The van der Waals surface area contributed by atoms with E-state index in [0.717, 1.165) is 36.1 Å². The van der Waals surface area contributed by atoms with E-state index in [1.165, 1.54) is 0 Å². The lowest BCUT2D eigenvalue weighted by atomic mass is 10.1. The summed E-state index contributed by atoms with van der Waals surface area (Å²) in [6.45, 7) is 3.98. The van der Waals surface area contributed by atoms with Crippen LogP contribution in [0.1, 0.15) is 43.4 Å². The second kappa shape index (κ2) is 5.07. The van der Waals surface area contributed by atoms with Crippen molar-refractivity contribution < 1.29 is 9.84 Å². The first-order valence-electron chi connectivity index (χ1n) is 6.29. The van der Waals surface area contributed by atoms with Gasteiger partial charge in [-0.2, -0.15) is 0 Å². The molecule has 1 aromatic rings. The molecule has 0 saturated heterocycles. The number of aryl methyl sites for hydroxylation is 1. The maximum absolute atomic E-state index is 9.74. The molecule has 1 aromatic carbocycles. The largest absolute Gasteiger partial charge is 0.487 e. The topological polar surface area (TPSA) is 55.5 Å². The number of rotatable bonds is 3. The SMILES string of the molecule is Cc1cc(C(C)N)ccc1OC1CCCC1O. The van der Waals surface area contributed by atoms with Crippen molar-refractivity contribution in [2.24, 2.45) is 5.73 Å². The van der Waals surface area contributed by atoms with E-state index in [0.29, 0.717) is 0 Å². The lowest BCUT2D eigenvalue weighted by Gasteiger charge is -2.19. The quantitative estimate of drug-likeness (QED) is 0.845. The van der Waals surface area contributed by atoms with Crippen molar-refractivity contribution in [1.82, 2.24) is 0 Å². The summed E-state index contributed by atoms with van der Waals surface area (Å²) in [5.41, 5.74) is 8.03. The van der Waals surface area contributed by atoms with Crippen LogP contribution in [0.25, 0.3) is 0 Å². The van der Waals surface area contributed by atoms with Crippen molar-refractivity contribution in [1.29, 1.82) is 0 Å². The number of aliphatic hydroxyl groups is 1. The molecule has 0 heterocycles. The Hall–Kier alpha value is -1.06. The zero-order chi connectivity index (χ0) is 12.4. The molecular weight excluding hydrogens is 214 g/mol. The summed E-state index contributed by atoms with van der Waals surface area (Å²) in [6.07, 6.45) is 2.47. The summed E-state index contributed by atoms with van der Waals surface area (Å²) in [5, 5.41) is 9.74. The van der Waals surface area contributed by atoms with Gasteiger partial charge in [0.2, 0.25) is 0 Å². The summed E-state index contributed by atoms with van der Waals surface area (Å²) >= 11 is 0. The standard InChI is InChI=1S/C14H21NO2/c1-9-8-11(10(2)15)6-7-13(9)17-14-5-3-4-12(14)16/h6-8,10,12,14,16H,3-5,15H2,1-2H3. The highest BCUT2D eigenvalue weighted by atomic mass is 16.5. The van der Waals surface area contributed by atoms with E-state index in [-0.39, 0.29) is 18.2 Å². The van der Waals surface area contributed by atoms with Gasteiger partial charge in [-0.15, -0.1) is 0 Å². The highest BCUT2D eigenvalue weighted by Crippen LogP contribution is 2.28. The van der Waals surface area contributed by atoms with Crippen LogP contribution in [-0.4, -0.2) is 17.3 Å². The van der Waals surface area contributed by atoms with Crippen molar-refractivity contribution in [2.75, 3.05) is 0 Å². The summed E-state index contributed by atoms with van der Waals surface area (Å²) in [6, 6.07) is 6.05. The molecular formula is C14H21NO2. The molecule has 3 N–H and O–H groups in total. The minimum absolute atomic E-state index is 0.0415. The molecule has 0 radical (unpaired) electrons. The van der Waals surface area contributed by atoms with Crippen LogP contribution in [0.5, 0.6) is 5.75 Å². The van der Waals surface area contributed by atoms with E-state index in [2.05, 4.69) is 6.07 Å². The Morgan fingerprint density at radius 2 is 2.18 bits per heavy atom. The smallest absolute Gasteiger partial charge is 0.124 e. The molecule has 0 spiro atoms.